The minimum absolute atomic E-state index is 0.169. The fourth-order valence-corrected chi connectivity index (χ4v) is 5.59. The van der Waals surface area contributed by atoms with Gasteiger partial charge < -0.3 is 41.8 Å². The van der Waals surface area contributed by atoms with Crippen LogP contribution in [0.2, 0.25) is 0 Å². The van der Waals surface area contributed by atoms with Gasteiger partial charge in [0.05, 0.1) is 12.5 Å². The fourth-order valence-electron chi connectivity index (χ4n) is 5.59. The van der Waals surface area contributed by atoms with E-state index in [2.05, 4.69) is 26.6 Å². The quantitative estimate of drug-likeness (QED) is 0.107. The van der Waals surface area contributed by atoms with E-state index < -0.39 is 41.8 Å². The number of nitrogens with two attached hydrogens (primary N) is 1. The van der Waals surface area contributed by atoms with E-state index in [4.69, 9.17) is 20.6 Å². The maximum absolute atomic E-state index is 13.9. The number of fused-ring (bicyclic) bond motifs is 1. The van der Waals surface area contributed by atoms with Crippen molar-refractivity contribution in [2.45, 2.75) is 63.6 Å². The predicted octanol–water partition coefficient (Wildman–Crippen LogP) is 2.59. The van der Waals surface area contributed by atoms with Gasteiger partial charge in [0.1, 0.15) is 18.1 Å². The molecule has 13 heteroatoms. The number of carbonyl (C=O) groups is 4. The number of ether oxygens (including phenoxy) is 2. The van der Waals surface area contributed by atoms with Crippen LogP contribution >= 0.6 is 0 Å². The Balaban J connectivity index is 1.59. The summed E-state index contributed by atoms with van der Waals surface area (Å²) in [6.45, 7) is 3.31. The van der Waals surface area contributed by atoms with Crippen LogP contribution in [0.1, 0.15) is 44.6 Å². The molecular weight excluding hydrogens is 638 g/mol. The molecule has 0 bridgehead atoms. The van der Waals surface area contributed by atoms with Crippen molar-refractivity contribution in [1.29, 1.82) is 5.41 Å². The molecule has 0 spiro atoms. The zero-order chi connectivity index (χ0) is 35.7. The second-order valence-electron chi connectivity index (χ2n) is 12.5. The van der Waals surface area contributed by atoms with Gasteiger partial charge in [0, 0.05) is 43.9 Å². The van der Waals surface area contributed by atoms with Crippen molar-refractivity contribution in [1.82, 2.24) is 21.3 Å². The first-order valence-electron chi connectivity index (χ1n) is 17.2. The molecule has 4 rings (SSSR count). The van der Waals surface area contributed by atoms with Crippen molar-refractivity contribution in [3.8, 4) is 0 Å². The highest BCUT2D eigenvalue weighted by Gasteiger charge is 2.31. The van der Waals surface area contributed by atoms with Gasteiger partial charge in [0.2, 0.25) is 23.6 Å². The van der Waals surface area contributed by atoms with Gasteiger partial charge in [0.25, 0.3) is 0 Å². The molecular formula is C37H49N7O6. The van der Waals surface area contributed by atoms with Crippen LogP contribution in [0, 0.1) is 11.3 Å². The Morgan fingerprint density at radius 1 is 0.840 bits per heavy atom. The summed E-state index contributed by atoms with van der Waals surface area (Å²) >= 11 is 0. The van der Waals surface area contributed by atoms with Gasteiger partial charge in [-0.3, -0.25) is 24.6 Å². The second kappa shape index (κ2) is 19.9. The van der Waals surface area contributed by atoms with Crippen LogP contribution in [0.15, 0.2) is 72.8 Å². The lowest BCUT2D eigenvalue weighted by molar-refractivity contribution is -0.134. The molecule has 268 valence electrons. The zero-order valence-corrected chi connectivity index (χ0v) is 28.5. The highest BCUT2D eigenvalue weighted by Crippen LogP contribution is 2.23. The lowest BCUT2D eigenvalue weighted by Gasteiger charge is -2.26. The standard InChI is InChI=1S/C37H49N7O6/c1-25-24-50-21-8-7-20-49-22-18-31(35(47)41-29-16-9-14-27-13-5-6-15-28(27)29)43-34(46)30(17-10-19-40-37(38)39)42-36(48)32(44-33(25)45)23-26-11-3-2-4-12-26/h2-6,9,11-16,25,30-32H,7-8,10,17-24H2,1H3,(H,41,47)(H,42,48)(H,43,46)(H,44,45)(H4,38,39,40)/t25?,30-,31-,32+/m0/s1. The first kappa shape index (κ1) is 37.8. The second-order valence-corrected chi connectivity index (χ2v) is 12.5. The van der Waals surface area contributed by atoms with Crippen molar-refractivity contribution in [3.05, 3.63) is 78.4 Å². The molecule has 4 amide bonds. The molecule has 0 aliphatic carbocycles. The molecule has 1 heterocycles. The van der Waals surface area contributed by atoms with Crippen molar-refractivity contribution in [2.24, 2.45) is 11.7 Å². The van der Waals surface area contributed by atoms with Crippen molar-refractivity contribution < 1.29 is 28.7 Å². The minimum Gasteiger partial charge on any atom is -0.381 e. The Morgan fingerprint density at radius 3 is 2.30 bits per heavy atom. The van der Waals surface area contributed by atoms with E-state index in [0.717, 1.165) is 22.8 Å². The third-order valence-corrected chi connectivity index (χ3v) is 8.41. The average Bonchev–Trinajstić information content (AvgIpc) is 3.11. The van der Waals surface area contributed by atoms with E-state index in [1.54, 1.807) is 13.0 Å². The predicted molar refractivity (Wildman–Crippen MR) is 192 cm³/mol. The number of nitrogens with one attached hydrogen (secondary N) is 6. The molecule has 3 aromatic rings. The number of hydrogen-bond donors (Lipinski definition) is 7. The van der Waals surface area contributed by atoms with Crippen LogP contribution in [0.25, 0.3) is 10.8 Å². The summed E-state index contributed by atoms with van der Waals surface area (Å²) in [5.41, 5.74) is 6.87. The molecule has 1 saturated heterocycles. The average molecular weight is 688 g/mol. The van der Waals surface area contributed by atoms with Gasteiger partial charge in [-0.25, -0.2) is 0 Å². The third-order valence-electron chi connectivity index (χ3n) is 8.41. The van der Waals surface area contributed by atoms with Gasteiger partial charge in [-0.15, -0.1) is 0 Å². The van der Waals surface area contributed by atoms with Gasteiger partial charge >= 0.3 is 0 Å². The number of guanidine groups is 1. The number of anilines is 1. The zero-order valence-electron chi connectivity index (χ0n) is 28.5. The number of hydrogen-bond acceptors (Lipinski definition) is 7. The summed E-state index contributed by atoms with van der Waals surface area (Å²) in [6.07, 6.45) is 2.36. The first-order chi connectivity index (χ1) is 24.2. The van der Waals surface area contributed by atoms with Crippen LogP contribution in [0.3, 0.4) is 0 Å². The highest BCUT2D eigenvalue weighted by atomic mass is 16.5. The summed E-state index contributed by atoms with van der Waals surface area (Å²) in [4.78, 5) is 54.8. The van der Waals surface area contributed by atoms with Gasteiger partial charge in [-0.2, -0.15) is 0 Å². The number of amides is 4. The number of carbonyl (C=O) groups excluding carboxylic acids is 4. The Hall–Kier alpha value is -5.01. The van der Waals surface area contributed by atoms with Crippen LogP contribution < -0.4 is 32.3 Å². The normalized spacial score (nSPS) is 21.7. The molecule has 1 aliphatic rings. The van der Waals surface area contributed by atoms with E-state index >= 15 is 0 Å². The molecule has 1 aliphatic heterocycles. The highest BCUT2D eigenvalue weighted by molar-refractivity contribution is 6.05. The molecule has 1 fully saturated rings. The van der Waals surface area contributed by atoms with Crippen LogP contribution in [0.4, 0.5) is 5.69 Å². The summed E-state index contributed by atoms with van der Waals surface area (Å²) in [5.74, 6) is -2.62. The maximum atomic E-state index is 13.9. The molecule has 8 N–H and O–H groups in total. The SMILES string of the molecule is CC1COCCCCOCC[C@@H](C(=O)Nc2cccc3ccccc23)NC(=O)[C@H](CCCNC(=N)N)NC(=O)[C@@H](Cc2ccccc2)NC1=O. The fraction of sp³-hybridized carbons (Fsp3) is 0.432. The topological polar surface area (TPSA) is 197 Å². The molecule has 3 aromatic carbocycles. The summed E-state index contributed by atoms with van der Waals surface area (Å²) in [6, 6.07) is 19.5. The van der Waals surface area contributed by atoms with E-state index in [9.17, 15) is 19.2 Å². The van der Waals surface area contributed by atoms with Crippen molar-refractivity contribution in [3.63, 3.8) is 0 Å². The smallest absolute Gasteiger partial charge is 0.247 e. The number of benzene rings is 3. The van der Waals surface area contributed by atoms with Gasteiger partial charge in [0.15, 0.2) is 5.96 Å². The summed E-state index contributed by atoms with van der Waals surface area (Å²) in [7, 11) is 0. The molecule has 4 atom stereocenters. The molecule has 0 aromatic heterocycles. The largest absolute Gasteiger partial charge is 0.381 e. The van der Waals surface area contributed by atoms with Crippen LogP contribution in [-0.2, 0) is 35.1 Å². The van der Waals surface area contributed by atoms with E-state index in [0.29, 0.717) is 31.7 Å². The first-order valence-corrected chi connectivity index (χ1v) is 17.2. The van der Waals surface area contributed by atoms with Crippen LogP contribution in [0.5, 0.6) is 0 Å². The Labute approximate surface area is 292 Å². The van der Waals surface area contributed by atoms with E-state index in [1.165, 1.54) is 0 Å². The monoisotopic (exact) mass is 687 g/mol. The molecule has 1 unspecified atom stereocenters. The number of rotatable bonds is 8. The Morgan fingerprint density at radius 2 is 1.52 bits per heavy atom. The van der Waals surface area contributed by atoms with Crippen molar-refractivity contribution in [2.75, 3.05) is 38.3 Å². The molecule has 0 radical (unpaired) electrons. The maximum Gasteiger partial charge on any atom is 0.247 e. The van der Waals surface area contributed by atoms with E-state index in [1.807, 2.05) is 66.7 Å². The summed E-state index contributed by atoms with van der Waals surface area (Å²) < 4.78 is 11.6. The Kier molecular flexibility index (Phi) is 15.0. The lowest BCUT2D eigenvalue weighted by Crippen LogP contribution is -2.57. The third kappa shape index (κ3) is 12.1. The van der Waals surface area contributed by atoms with Crippen LogP contribution in [-0.4, -0.2) is 80.7 Å². The summed E-state index contributed by atoms with van der Waals surface area (Å²) in [5, 5.41) is 23.5. The van der Waals surface area contributed by atoms with Gasteiger partial charge in [-0.05, 0) is 49.1 Å². The molecule has 0 saturated carbocycles. The molecule has 50 heavy (non-hydrogen) atoms. The minimum atomic E-state index is -1.07. The lowest BCUT2D eigenvalue weighted by atomic mass is 10.0. The Bertz CT molecular complexity index is 1580. The van der Waals surface area contributed by atoms with Crippen molar-refractivity contribution >= 4 is 46.0 Å². The molecule has 13 nitrogen and oxygen atoms in total. The van der Waals surface area contributed by atoms with Gasteiger partial charge in [-0.1, -0.05) is 73.7 Å². The van der Waals surface area contributed by atoms with E-state index in [-0.39, 0.29) is 50.9 Å².